The Balaban J connectivity index is 1.40. The Morgan fingerprint density at radius 2 is 1.50 bits per heavy atom. The van der Waals surface area contributed by atoms with E-state index in [1.807, 2.05) is 43.3 Å². The first-order valence-electron chi connectivity index (χ1n) is 11.0. The third-order valence-corrected chi connectivity index (χ3v) is 6.01. The minimum absolute atomic E-state index is 0.0619. The maximum Gasteiger partial charge on any atom is 0.261 e. The third kappa shape index (κ3) is 4.56. The lowest BCUT2D eigenvalue weighted by Gasteiger charge is -2.26. The number of likely N-dealkylation sites (N-methyl/N-ethyl adjacent to an activating group) is 1. The van der Waals surface area contributed by atoms with Gasteiger partial charge in [-0.05, 0) is 50.0 Å². The van der Waals surface area contributed by atoms with Crippen LogP contribution in [-0.4, -0.2) is 55.3 Å². The van der Waals surface area contributed by atoms with Crippen molar-refractivity contribution in [1.29, 1.82) is 0 Å². The van der Waals surface area contributed by atoms with E-state index >= 15 is 0 Å². The van der Waals surface area contributed by atoms with Crippen LogP contribution in [0.15, 0.2) is 72.8 Å². The maximum absolute atomic E-state index is 12.8. The summed E-state index contributed by atoms with van der Waals surface area (Å²) in [6, 6.07) is 21.4. The molecule has 7 nitrogen and oxygen atoms in total. The number of fused-ring (bicyclic) bond motifs is 1. The molecule has 1 aliphatic heterocycles. The minimum atomic E-state index is -0.298. The van der Waals surface area contributed by atoms with Gasteiger partial charge < -0.3 is 15.0 Å². The number of methoxy groups -OCH3 is 1. The van der Waals surface area contributed by atoms with Crippen molar-refractivity contribution in [2.24, 2.45) is 0 Å². The number of hydrogen-bond acceptors (Lipinski definition) is 5. The number of imide groups is 1. The van der Waals surface area contributed by atoms with Gasteiger partial charge in [0.1, 0.15) is 5.75 Å². The molecule has 174 valence electrons. The van der Waals surface area contributed by atoms with Crippen LogP contribution in [0.2, 0.25) is 0 Å². The molecule has 1 aliphatic rings. The molecule has 0 aliphatic carbocycles. The minimum Gasteiger partial charge on any atom is -0.496 e. The molecule has 0 aromatic heterocycles. The summed E-state index contributed by atoms with van der Waals surface area (Å²) in [5.41, 5.74) is 3.12. The summed E-state index contributed by atoms with van der Waals surface area (Å²) >= 11 is 0. The fourth-order valence-electron chi connectivity index (χ4n) is 4.13. The lowest BCUT2D eigenvalue weighted by Crippen LogP contribution is -2.34. The van der Waals surface area contributed by atoms with E-state index in [1.54, 1.807) is 55.6 Å². The zero-order valence-electron chi connectivity index (χ0n) is 19.4. The summed E-state index contributed by atoms with van der Waals surface area (Å²) in [7, 11) is 5.54. The second kappa shape index (κ2) is 9.89. The van der Waals surface area contributed by atoms with E-state index in [-0.39, 0.29) is 30.3 Å². The first-order chi connectivity index (χ1) is 16.4. The fourth-order valence-corrected chi connectivity index (χ4v) is 4.13. The van der Waals surface area contributed by atoms with Crippen LogP contribution in [0.5, 0.6) is 5.75 Å². The van der Waals surface area contributed by atoms with Gasteiger partial charge in [0, 0.05) is 17.7 Å². The summed E-state index contributed by atoms with van der Waals surface area (Å²) in [6.07, 6.45) is 0. The Kier molecular flexibility index (Phi) is 6.75. The molecule has 7 heteroatoms. The zero-order chi connectivity index (χ0) is 24.2. The van der Waals surface area contributed by atoms with Crippen LogP contribution in [-0.2, 0) is 6.54 Å². The first kappa shape index (κ1) is 23.2. The number of carbonyl (C=O) groups excluding carboxylic acids is 3. The SMILES string of the molecule is COc1ccccc1C(CNC(=O)c1ccc(CN2C(=O)c3ccccc3C2=O)cc1)N(C)C. The first-order valence-corrected chi connectivity index (χ1v) is 11.0. The molecule has 1 N–H and O–H groups in total. The summed E-state index contributed by atoms with van der Waals surface area (Å²) < 4.78 is 5.48. The summed E-state index contributed by atoms with van der Waals surface area (Å²) in [5.74, 6) is -0.0241. The van der Waals surface area contributed by atoms with E-state index in [4.69, 9.17) is 4.74 Å². The highest BCUT2D eigenvalue weighted by Crippen LogP contribution is 2.27. The zero-order valence-corrected chi connectivity index (χ0v) is 19.4. The average molecular weight is 458 g/mol. The van der Waals surface area contributed by atoms with Gasteiger partial charge in [0.05, 0.1) is 30.8 Å². The number of ether oxygens (including phenoxy) is 1. The van der Waals surface area contributed by atoms with E-state index in [1.165, 1.54) is 4.90 Å². The van der Waals surface area contributed by atoms with Crippen LogP contribution >= 0.6 is 0 Å². The van der Waals surface area contributed by atoms with Crippen LogP contribution in [0.3, 0.4) is 0 Å². The van der Waals surface area contributed by atoms with Crippen molar-refractivity contribution in [2.75, 3.05) is 27.7 Å². The molecule has 1 unspecified atom stereocenters. The van der Waals surface area contributed by atoms with Crippen LogP contribution < -0.4 is 10.1 Å². The third-order valence-electron chi connectivity index (χ3n) is 6.01. The van der Waals surface area contributed by atoms with E-state index < -0.39 is 0 Å². The number of nitrogens with zero attached hydrogens (tertiary/aromatic N) is 2. The van der Waals surface area contributed by atoms with E-state index in [0.717, 1.165) is 16.9 Å². The normalized spacial score (nSPS) is 13.7. The summed E-state index contributed by atoms with van der Waals surface area (Å²) in [6.45, 7) is 0.563. The molecule has 1 heterocycles. The fraction of sp³-hybridized carbons (Fsp3) is 0.222. The number of benzene rings is 3. The lowest BCUT2D eigenvalue weighted by molar-refractivity contribution is 0.0641. The van der Waals surface area contributed by atoms with Crippen LogP contribution in [0.1, 0.15) is 48.2 Å². The van der Waals surface area contributed by atoms with Crippen molar-refractivity contribution in [3.8, 4) is 5.75 Å². The number of amides is 3. The molecule has 3 amide bonds. The molecule has 3 aromatic rings. The lowest BCUT2D eigenvalue weighted by atomic mass is 10.0. The van der Waals surface area contributed by atoms with Crippen molar-refractivity contribution in [1.82, 2.24) is 15.1 Å². The Labute approximate surface area is 198 Å². The molecule has 34 heavy (non-hydrogen) atoms. The van der Waals surface area contributed by atoms with Crippen molar-refractivity contribution in [3.05, 3.63) is 101 Å². The summed E-state index contributed by atoms with van der Waals surface area (Å²) in [5, 5.41) is 2.99. The number of carbonyl (C=O) groups is 3. The standard InChI is InChI=1S/C27H27N3O4/c1-29(2)23(22-10-6-7-11-24(22)34-3)16-28-25(31)19-14-12-18(13-15-19)17-30-26(32)20-8-4-5-9-21(20)27(30)33/h4-15,23H,16-17H2,1-3H3,(H,28,31). The van der Waals surface area contributed by atoms with Gasteiger partial charge in [-0.2, -0.15) is 0 Å². The van der Waals surface area contributed by atoms with Crippen molar-refractivity contribution in [3.63, 3.8) is 0 Å². The topological polar surface area (TPSA) is 79.0 Å². The number of nitrogens with one attached hydrogen (secondary N) is 1. The Hall–Kier alpha value is -3.97. The second-order valence-electron chi connectivity index (χ2n) is 8.37. The van der Waals surface area contributed by atoms with Gasteiger partial charge in [0.15, 0.2) is 0 Å². The highest BCUT2D eigenvalue weighted by molar-refractivity contribution is 6.21. The highest BCUT2D eigenvalue weighted by Gasteiger charge is 2.34. The van der Waals surface area contributed by atoms with E-state index in [2.05, 4.69) is 5.32 Å². The molecule has 3 aromatic carbocycles. The molecule has 4 rings (SSSR count). The highest BCUT2D eigenvalue weighted by atomic mass is 16.5. The maximum atomic E-state index is 12.8. The molecule has 0 fully saturated rings. The Morgan fingerprint density at radius 3 is 2.09 bits per heavy atom. The van der Waals surface area contributed by atoms with Gasteiger partial charge >= 0.3 is 0 Å². The van der Waals surface area contributed by atoms with Crippen LogP contribution in [0, 0.1) is 0 Å². The van der Waals surface area contributed by atoms with Gasteiger partial charge in [-0.3, -0.25) is 19.3 Å². The Morgan fingerprint density at radius 1 is 0.912 bits per heavy atom. The summed E-state index contributed by atoms with van der Waals surface area (Å²) in [4.78, 5) is 41.2. The molecule has 0 radical (unpaired) electrons. The van der Waals surface area contributed by atoms with Crippen molar-refractivity contribution in [2.45, 2.75) is 12.6 Å². The van der Waals surface area contributed by atoms with Crippen LogP contribution in [0.4, 0.5) is 0 Å². The van der Waals surface area contributed by atoms with E-state index in [0.29, 0.717) is 23.2 Å². The molecule has 0 bridgehead atoms. The molecule has 0 saturated carbocycles. The van der Waals surface area contributed by atoms with Crippen molar-refractivity contribution < 1.29 is 19.1 Å². The molecule has 1 atom stereocenters. The van der Waals surface area contributed by atoms with E-state index in [9.17, 15) is 14.4 Å². The number of hydrogen-bond donors (Lipinski definition) is 1. The molecular weight excluding hydrogens is 430 g/mol. The smallest absolute Gasteiger partial charge is 0.261 e. The van der Waals surface area contributed by atoms with Gasteiger partial charge in [0.2, 0.25) is 0 Å². The van der Waals surface area contributed by atoms with Gasteiger partial charge in [-0.1, -0.05) is 42.5 Å². The van der Waals surface area contributed by atoms with Crippen LogP contribution in [0.25, 0.3) is 0 Å². The monoisotopic (exact) mass is 457 g/mol. The molecular formula is C27H27N3O4. The predicted octanol–water partition coefficient (Wildman–Crippen LogP) is 3.52. The number of para-hydroxylation sites is 1. The quantitative estimate of drug-likeness (QED) is 0.524. The second-order valence-corrected chi connectivity index (χ2v) is 8.37. The molecule has 0 spiro atoms. The predicted molar refractivity (Wildman–Crippen MR) is 129 cm³/mol. The van der Waals surface area contributed by atoms with Gasteiger partial charge in [-0.25, -0.2) is 0 Å². The number of rotatable bonds is 8. The Bertz CT molecular complexity index is 1190. The van der Waals surface area contributed by atoms with Crippen molar-refractivity contribution >= 4 is 17.7 Å². The average Bonchev–Trinajstić information content (AvgIpc) is 3.09. The molecule has 0 saturated heterocycles. The largest absolute Gasteiger partial charge is 0.496 e. The van der Waals surface area contributed by atoms with Gasteiger partial charge in [0.25, 0.3) is 17.7 Å². The van der Waals surface area contributed by atoms with Gasteiger partial charge in [-0.15, -0.1) is 0 Å².